The maximum Gasteiger partial charge on any atom is 0.385 e. The zero-order valence-electron chi connectivity index (χ0n) is 17.6. The Morgan fingerprint density at radius 2 is 2.09 bits per heavy atom. The Morgan fingerprint density at radius 1 is 1.34 bits per heavy atom. The van der Waals surface area contributed by atoms with Gasteiger partial charge in [-0.2, -0.15) is 4.98 Å². The van der Waals surface area contributed by atoms with E-state index in [1.54, 1.807) is 18.3 Å². The number of H-pyrrole nitrogens is 1. The molecule has 0 radical (unpaired) electrons. The SMILES string of the molecule is C=CC(=O)Oc1nc(C(C)C2CCC(c3ccnc4ccc(F)cc34)CC2)[nH]c1[N+](=O)[O-]. The zero-order valence-corrected chi connectivity index (χ0v) is 17.6. The van der Waals surface area contributed by atoms with Gasteiger partial charge in [0.1, 0.15) is 5.82 Å². The second-order valence-electron chi connectivity index (χ2n) is 8.12. The van der Waals surface area contributed by atoms with Crippen LogP contribution in [0.15, 0.2) is 43.1 Å². The molecule has 166 valence electrons. The van der Waals surface area contributed by atoms with E-state index < -0.39 is 16.7 Å². The number of benzene rings is 1. The zero-order chi connectivity index (χ0) is 22.8. The fraction of sp³-hybridized carbons (Fsp3) is 0.348. The lowest BCUT2D eigenvalue weighted by Crippen LogP contribution is -2.19. The topological polar surface area (TPSA) is 111 Å². The average Bonchev–Trinajstić information content (AvgIpc) is 3.22. The summed E-state index contributed by atoms with van der Waals surface area (Å²) in [5.74, 6) is -0.991. The first kappa shape index (κ1) is 21.6. The predicted octanol–water partition coefficient (Wildman–Crippen LogP) is 5.17. The van der Waals surface area contributed by atoms with Gasteiger partial charge in [0, 0.05) is 23.6 Å². The number of nitrogens with one attached hydrogen (secondary N) is 1. The summed E-state index contributed by atoms with van der Waals surface area (Å²) in [6.07, 6.45) is 6.29. The molecule has 1 aliphatic carbocycles. The number of esters is 1. The Morgan fingerprint density at radius 3 is 2.78 bits per heavy atom. The summed E-state index contributed by atoms with van der Waals surface area (Å²) in [6.45, 7) is 5.26. The number of carbonyl (C=O) groups is 1. The molecule has 1 N–H and O–H groups in total. The van der Waals surface area contributed by atoms with Crippen molar-refractivity contribution in [1.29, 1.82) is 0 Å². The number of hydrogen-bond acceptors (Lipinski definition) is 6. The fourth-order valence-electron chi connectivity index (χ4n) is 4.56. The van der Waals surface area contributed by atoms with Crippen LogP contribution in [0, 0.1) is 21.8 Å². The third kappa shape index (κ3) is 4.23. The Labute approximate surface area is 183 Å². The molecule has 1 fully saturated rings. The highest BCUT2D eigenvalue weighted by Crippen LogP contribution is 2.43. The molecular weight excluding hydrogens is 415 g/mol. The average molecular weight is 438 g/mol. The van der Waals surface area contributed by atoms with Crippen LogP contribution in [0.2, 0.25) is 0 Å². The van der Waals surface area contributed by atoms with E-state index in [1.807, 2.05) is 13.0 Å². The van der Waals surface area contributed by atoms with E-state index in [1.165, 1.54) is 6.07 Å². The van der Waals surface area contributed by atoms with Crippen LogP contribution in [0.5, 0.6) is 5.88 Å². The molecule has 0 saturated heterocycles. The monoisotopic (exact) mass is 438 g/mol. The van der Waals surface area contributed by atoms with Crippen LogP contribution in [-0.4, -0.2) is 25.8 Å². The summed E-state index contributed by atoms with van der Waals surface area (Å²) < 4.78 is 18.7. The number of nitrogens with zero attached hydrogens (tertiary/aromatic N) is 3. The minimum Gasteiger partial charge on any atom is -0.396 e. The van der Waals surface area contributed by atoms with Crippen LogP contribution in [-0.2, 0) is 4.79 Å². The second kappa shape index (κ2) is 8.86. The second-order valence-corrected chi connectivity index (χ2v) is 8.12. The lowest BCUT2D eigenvalue weighted by atomic mass is 9.73. The summed E-state index contributed by atoms with van der Waals surface area (Å²) >= 11 is 0. The highest BCUT2D eigenvalue weighted by Gasteiger charge is 2.33. The summed E-state index contributed by atoms with van der Waals surface area (Å²) in [5, 5.41) is 12.2. The molecule has 0 amide bonds. The predicted molar refractivity (Wildman–Crippen MR) is 116 cm³/mol. The van der Waals surface area contributed by atoms with Crippen LogP contribution in [0.3, 0.4) is 0 Å². The number of halogens is 1. The summed E-state index contributed by atoms with van der Waals surface area (Å²) in [7, 11) is 0. The highest BCUT2D eigenvalue weighted by atomic mass is 19.1. The molecule has 1 saturated carbocycles. The molecule has 2 aromatic heterocycles. The summed E-state index contributed by atoms with van der Waals surface area (Å²) in [4.78, 5) is 33.4. The minimum atomic E-state index is -0.805. The first-order valence-corrected chi connectivity index (χ1v) is 10.5. The maximum atomic E-state index is 13.8. The number of pyridine rings is 1. The molecule has 1 unspecified atom stereocenters. The number of imidazole rings is 1. The lowest BCUT2D eigenvalue weighted by molar-refractivity contribution is -0.390. The third-order valence-corrected chi connectivity index (χ3v) is 6.30. The van der Waals surface area contributed by atoms with Crippen LogP contribution >= 0.6 is 0 Å². The normalized spacial score (nSPS) is 19.4. The standard InChI is InChI=1S/C23H23FN4O4/c1-3-20(29)32-23-22(28(30)31)26-21(27-23)13(2)14-4-6-15(7-5-14)17-10-11-25-19-9-8-16(24)12-18(17)19/h3,8-15H,1,4-7H2,2H3,(H,26,27). The van der Waals surface area contributed by atoms with Crippen molar-refractivity contribution in [3.8, 4) is 5.88 Å². The van der Waals surface area contributed by atoms with Crippen molar-refractivity contribution in [2.24, 2.45) is 5.92 Å². The van der Waals surface area contributed by atoms with E-state index in [-0.39, 0.29) is 23.5 Å². The van der Waals surface area contributed by atoms with Gasteiger partial charge in [0.25, 0.3) is 0 Å². The first-order valence-electron chi connectivity index (χ1n) is 10.5. The molecule has 2 heterocycles. The number of aromatic nitrogens is 3. The van der Waals surface area contributed by atoms with Crippen LogP contribution in [0.1, 0.15) is 55.8 Å². The molecule has 0 spiro atoms. The Balaban J connectivity index is 1.50. The number of ether oxygens (including phenoxy) is 1. The Hall–Kier alpha value is -3.62. The largest absolute Gasteiger partial charge is 0.396 e. The van der Waals surface area contributed by atoms with E-state index >= 15 is 0 Å². The number of aromatic amines is 1. The van der Waals surface area contributed by atoms with Gasteiger partial charge in [-0.05, 0) is 72.3 Å². The van der Waals surface area contributed by atoms with Gasteiger partial charge in [-0.1, -0.05) is 13.5 Å². The van der Waals surface area contributed by atoms with E-state index in [0.717, 1.165) is 48.2 Å². The van der Waals surface area contributed by atoms with Crippen LogP contribution in [0.4, 0.5) is 10.2 Å². The number of rotatable bonds is 6. The quantitative estimate of drug-likeness (QED) is 0.246. The van der Waals surface area contributed by atoms with Gasteiger partial charge in [0.05, 0.1) is 5.52 Å². The number of hydrogen-bond donors (Lipinski definition) is 1. The van der Waals surface area contributed by atoms with Crippen molar-refractivity contribution in [1.82, 2.24) is 15.0 Å². The van der Waals surface area contributed by atoms with Gasteiger partial charge in [-0.3, -0.25) is 4.98 Å². The molecular formula is C23H23FN4O4. The lowest BCUT2D eigenvalue weighted by Gasteiger charge is -2.31. The highest BCUT2D eigenvalue weighted by molar-refractivity contribution is 5.83. The Bertz CT molecular complexity index is 1180. The van der Waals surface area contributed by atoms with Crippen LogP contribution < -0.4 is 4.74 Å². The smallest absolute Gasteiger partial charge is 0.385 e. The Kier molecular flexibility index (Phi) is 5.98. The van der Waals surface area contributed by atoms with Crippen molar-refractivity contribution in [2.45, 2.75) is 44.4 Å². The van der Waals surface area contributed by atoms with Gasteiger partial charge in [-0.25, -0.2) is 14.2 Å². The molecule has 32 heavy (non-hydrogen) atoms. The number of fused-ring (bicyclic) bond motifs is 1. The minimum absolute atomic E-state index is 0.0857. The molecule has 4 rings (SSSR count). The van der Waals surface area contributed by atoms with Crippen LogP contribution in [0.25, 0.3) is 10.9 Å². The van der Waals surface area contributed by atoms with Crippen molar-refractivity contribution in [3.63, 3.8) is 0 Å². The number of carbonyl (C=O) groups excluding carboxylic acids is 1. The molecule has 3 aromatic rings. The van der Waals surface area contributed by atoms with Crippen molar-refractivity contribution >= 4 is 22.7 Å². The van der Waals surface area contributed by atoms with E-state index in [4.69, 9.17) is 4.74 Å². The third-order valence-electron chi connectivity index (χ3n) is 6.30. The van der Waals surface area contributed by atoms with Crippen molar-refractivity contribution < 1.29 is 18.8 Å². The van der Waals surface area contributed by atoms with Gasteiger partial charge in [0.15, 0.2) is 0 Å². The summed E-state index contributed by atoms with van der Waals surface area (Å²) in [5.41, 5.74) is 1.89. The van der Waals surface area contributed by atoms with E-state index in [0.29, 0.717) is 11.7 Å². The summed E-state index contributed by atoms with van der Waals surface area (Å²) in [6, 6.07) is 6.62. The van der Waals surface area contributed by atoms with Gasteiger partial charge in [-0.15, -0.1) is 0 Å². The van der Waals surface area contributed by atoms with Crippen molar-refractivity contribution in [3.05, 3.63) is 70.4 Å². The number of nitro groups is 1. The molecule has 0 aliphatic heterocycles. The fourth-order valence-corrected chi connectivity index (χ4v) is 4.56. The molecule has 1 aromatic carbocycles. The van der Waals surface area contributed by atoms with Gasteiger partial charge < -0.3 is 14.9 Å². The van der Waals surface area contributed by atoms with Gasteiger partial charge in [0.2, 0.25) is 5.82 Å². The molecule has 8 nitrogen and oxygen atoms in total. The van der Waals surface area contributed by atoms with Crippen molar-refractivity contribution in [2.75, 3.05) is 0 Å². The maximum absolute atomic E-state index is 13.8. The van der Waals surface area contributed by atoms with Gasteiger partial charge >= 0.3 is 17.7 Å². The molecule has 0 bridgehead atoms. The molecule has 1 atom stereocenters. The molecule has 1 aliphatic rings. The first-order chi connectivity index (χ1) is 15.4. The van der Waals surface area contributed by atoms with E-state index in [2.05, 4.69) is 21.5 Å². The molecule has 9 heteroatoms. The van der Waals surface area contributed by atoms with E-state index in [9.17, 15) is 19.3 Å².